The van der Waals surface area contributed by atoms with E-state index < -0.39 is 42.8 Å². The van der Waals surface area contributed by atoms with Crippen molar-refractivity contribution >= 4 is 23.6 Å². The largest absolute Gasteiger partial charge is 0.489 e. The van der Waals surface area contributed by atoms with Gasteiger partial charge in [-0.05, 0) is 29.7 Å². The summed E-state index contributed by atoms with van der Waals surface area (Å²) < 4.78 is 53.2. The predicted octanol–water partition coefficient (Wildman–Crippen LogP) is 1.39. The van der Waals surface area contributed by atoms with Crippen LogP contribution in [0.2, 0.25) is 0 Å². The van der Waals surface area contributed by atoms with Gasteiger partial charge in [-0.25, -0.2) is 0 Å². The van der Waals surface area contributed by atoms with Crippen molar-refractivity contribution in [2.24, 2.45) is 0 Å². The summed E-state index contributed by atoms with van der Waals surface area (Å²) in [7, 11) is 0. The number of hydrogen-bond acceptors (Lipinski definition) is 6. The highest BCUT2D eigenvalue weighted by Gasteiger charge is 2.40. The van der Waals surface area contributed by atoms with Crippen LogP contribution in [0, 0.1) is 0 Å². The van der Waals surface area contributed by atoms with Gasteiger partial charge in [0.25, 0.3) is 5.91 Å². The van der Waals surface area contributed by atoms with E-state index >= 15 is 0 Å². The molecule has 2 aromatic rings. The van der Waals surface area contributed by atoms with Crippen molar-refractivity contribution in [2.45, 2.75) is 38.5 Å². The number of hydrogen-bond donors (Lipinski definition) is 1. The molecule has 0 aliphatic carbocycles. The molecule has 9 nitrogen and oxygen atoms in total. The zero-order valence-corrected chi connectivity index (χ0v) is 18.1. The van der Waals surface area contributed by atoms with Crippen molar-refractivity contribution in [2.75, 3.05) is 19.8 Å². The third kappa shape index (κ3) is 4.38. The molecule has 3 aliphatic rings. The Morgan fingerprint density at radius 1 is 1.15 bits per heavy atom. The molecule has 0 bridgehead atoms. The highest BCUT2D eigenvalue weighted by atomic mass is 16.5. The SMILES string of the molecule is [2H]c1cc(C([2H])([2H])N2CCOCC2=O)cc([2H])c1C([2H])Oc1cccc2c1CN(C1CCC(=O)NC1=O)C2=O. The van der Waals surface area contributed by atoms with E-state index in [4.69, 9.17) is 16.3 Å². The molecular weight excluding hydrogens is 438 g/mol. The summed E-state index contributed by atoms with van der Waals surface area (Å²) in [4.78, 5) is 51.5. The van der Waals surface area contributed by atoms with Gasteiger partial charge in [-0.3, -0.25) is 24.5 Å². The number of piperidine rings is 1. The molecule has 0 radical (unpaired) electrons. The number of morpholine rings is 1. The molecule has 0 saturated carbocycles. The number of nitrogens with one attached hydrogen (secondary N) is 1. The van der Waals surface area contributed by atoms with E-state index in [1.165, 1.54) is 17.0 Å². The van der Waals surface area contributed by atoms with Crippen molar-refractivity contribution in [3.05, 3.63) is 64.7 Å². The molecular formula is C25H25N3O6. The van der Waals surface area contributed by atoms with Crippen LogP contribution >= 0.6 is 0 Å². The Morgan fingerprint density at radius 3 is 2.74 bits per heavy atom. The molecule has 9 heteroatoms. The van der Waals surface area contributed by atoms with Crippen LogP contribution in [-0.2, 0) is 38.7 Å². The molecule has 3 aliphatic heterocycles. The molecule has 2 atom stereocenters. The number of amides is 4. The number of fused-ring (bicyclic) bond motifs is 1. The van der Waals surface area contributed by atoms with Crippen molar-refractivity contribution in [3.63, 3.8) is 0 Å². The Morgan fingerprint density at radius 2 is 1.97 bits per heavy atom. The molecule has 34 heavy (non-hydrogen) atoms. The molecule has 2 unspecified atom stereocenters. The first-order valence-electron chi connectivity index (χ1n) is 13.4. The Balaban J connectivity index is 1.38. The van der Waals surface area contributed by atoms with Gasteiger partial charge in [0.15, 0.2) is 0 Å². The zero-order chi connectivity index (χ0) is 28.1. The lowest BCUT2D eigenvalue weighted by molar-refractivity contribution is -0.143. The first-order chi connectivity index (χ1) is 18.5. The summed E-state index contributed by atoms with van der Waals surface area (Å²) in [5, 5.41) is 2.24. The van der Waals surface area contributed by atoms with Crippen molar-refractivity contribution in [1.29, 1.82) is 0 Å². The topological polar surface area (TPSA) is 105 Å². The molecule has 2 saturated heterocycles. The van der Waals surface area contributed by atoms with E-state index in [0.717, 1.165) is 4.90 Å². The van der Waals surface area contributed by atoms with Crippen LogP contribution in [0.4, 0.5) is 0 Å². The van der Waals surface area contributed by atoms with Gasteiger partial charge >= 0.3 is 0 Å². The molecule has 4 amide bonds. The second-order valence-electron chi connectivity index (χ2n) is 8.07. The van der Waals surface area contributed by atoms with E-state index in [1.54, 1.807) is 18.2 Å². The average Bonchev–Trinajstić information content (AvgIpc) is 3.21. The van der Waals surface area contributed by atoms with E-state index in [-0.39, 0.29) is 68.1 Å². The standard InChI is InChI=1S/C25H25N3O6/c29-22-9-8-20(24(31)26-22)28-13-19-18(25(28)32)2-1-3-21(19)34-14-17-6-4-16(5-7-17)12-27-10-11-33-15-23(27)30/h1-7,20H,8-15H2,(H,26,29,31)/i6D,7D,12D2,14D. The first-order valence-corrected chi connectivity index (χ1v) is 10.8. The molecule has 176 valence electrons. The highest BCUT2D eigenvalue weighted by molar-refractivity contribution is 6.05. The summed E-state index contributed by atoms with van der Waals surface area (Å²) in [6.45, 7) is -3.89. The molecule has 2 aromatic carbocycles. The van der Waals surface area contributed by atoms with Crippen LogP contribution < -0.4 is 10.1 Å². The van der Waals surface area contributed by atoms with Crippen LogP contribution in [0.5, 0.6) is 5.75 Å². The van der Waals surface area contributed by atoms with Crippen molar-refractivity contribution < 1.29 is 35.5 Å². The van der Waals surface area contributed by atoms with E-state index in [0.29, 0.717) is 11.1 Å². The monoisotopic (exact) mass is 468 g/mol. The summed E-state index contributed by atoms with van der Waals surface area (Å²) in [6, 6.07) is 5.59. The predicted molar refractivity (Wildman–Crippen MR) is 119 cm³/mol. The quantitative estimate of drug-likeness (QED) is 0.643. The van der Waals surface area contributed by atoms with Crippen molar-refractivity contribution in [3.8, 4) is 5.75 Å². The van der Waals surface area contributed by atoms with Gasteiger partial charge < -0.3 is 19.3 Å². The molecule has 5 rings (SSSR count). The highest BCUT2D eigenvalue weighted by Crippen LogP contribution is 2.34. The minimum Gasteiger partial charge on any atom is -0.489 e. The van der Waals surface area contributed by atoms with Gasteiger partial charge in [0.05, 0.1) is 20.0 Å². The fraction of sp³-hybridized carbons (Fsp3) is 0.360. The van der Waals surface area contributed by atoms with Crippen LogP contribution in [-0.4, -0.2) is 59.2 Å². The second-order valence-corrected chi connectivity index (χ2v) is 8.07. The normalized spacial score (nSPS) is 23.9. The van der Waals surface area contributed by atoms with Crippen LogP contribution in [0.25, 0.3) is 0 Å². The number of rotatable bonds is 6. The van der Waals surface area contributed by atoms with Gasteiger partial charge in [-0.2, -0.15) is 0 Å². The number of carbonyl (C=O) groups is 4. The fourth-order valence-corrected chi connectivity index (χ4v) is 4.11. The number of benzene rings is 2. The smallest absolute Gasteiger partial charge is 0.255 e. The van der Waals surface area contributed by atoms with Gasteiger partial charge in [0.1, 0.15) is 25.0 Å². The minimum atomic E-state index is -2.29. The average molecular weight is 469 g/mol. The lowest BCUT2D eigenvalue weighted by atomic mass is 10.0. The van der Waals surface area contributed by atoms with Crippen LogP contribution in [0.15, 0.2) is 42.4 Å². The Labute approximate surface area is 203 Å². The summed E-state index contributed by atoms with van der Waals surface area (Å²) >= 11 is 0. The van der Waals surface area contributed by atoms with Gasteiger partial charge in [-0.1, -0.05) is 30.3 Å². The Bertz CT molecular complexity index is 1360. The minimum absolute atomic E-state index is 0.0200. The lowest BCUT2D eigenvalue weighted by Gasteiger charge is -2.29. The van der Waals surface area contributed by atoms with E-state index in [1.807, 2.05) is 0 Å². The van der Waals surface area contributed by atoms with Crippen LogP contribution in [0.3, 0.4) is 0 Å². The maximum Gasteiger partial charge on any atom is 0.255 e. The summed E-state index contributed by atoms with van der Waals surface area (Å²) in [6.07, 6.45) is 0.308. The molecule has 0 aromatic heterocycles. The molecule has 1 N–H and O–H groups in total. The molecule has 0 spiro atoms. The van der Waals surface area contributed by atoms with Gasteiger partial charge in [-0.15, -0.1) is 0 Å². The Kier molecular flexibility index (Phi) is 4.58. The number of imide groups is 1. The number of carbonyl (C=O) groups excluding carboxylic acids is 4. The maximum absolute atomic E-state index is 13.1. The van der Waals surface area contributed by atoms with Crippen LogP contribution in [0.1, 0.15) is 46.7 Å². The fourth-order valence-electron chi connectivity index (χ4n) is 4.11. The third-order valence-corrected chi connectivity index (χ3v) is 5.86. The second kappa shape index (κ2) is 9.26. The molecule has 3 heterocycles. The summed E-state index contributed by atoms with van der Waals surface area (Å²) in [5.41, 5.74) is 0.545. The van der Waals surface area contributed by atoms with Crippen molar-refractivity contribution in [1.82, 2.24) is 15.1 Å². The Hall–Kier alpha value is -3.72. The number of ether oxygens (including phenoxy) is 2. The van der Waals surface area contributed by atoms with Gasteiger partial charge in [0, 0.05) is 30.6 Å². The lowest BCUT2D eigenvalue weighted by Crippen LogP contribution is -2.52. The van der Waals surface area contributed by atoms with Gasteiger partial charge in [0.2, 0.25) is 17.7 Å². The zero-order valence-electron chi connectivity index (χ0n) is 23.1. The summed E-state index contributed by atoms with van der Waals surface area (Å²) in [5.74, 6) is -1.72. The number of nitrogens with zero attached hydrogens (tertiary/aromatic N) is 2. The first kappa shape index (κ1) is 16.8. The third-order valence-electron chi connectivity index (χ3n) is 5.86. The van der Waals surface area contributed by atoms with E-state index in [2.05, 4.69) is 5.32 Å². The molecule has 2 fully saturated rings. The maximum atomic E-state index is 13.1. The van der Waals surface area contributed by atoms with E-state index in [9.17, 15) is 19.2 Å².